The first kappa shape index (κ1) is 19.2. The second-order valence-electron chi connectivity index (χ2n) is 8.59. The average Bonchev–Trinajstić information content (AvgIpc) is 3.60. The Hall–Kier alpha value is -3.48. The van der Waals surface area contributed by atoms with Crippen LogP contribution in [0.3, 0.4) is 0 Å². The SMILES string of the molecule is Fc1ccc(N2CCN(c3cc(-c4cc5ccc(F)cc5n4C4CC4)cnn3)CC2)cc1. The van der Waals surface area contributed by atoms with E-state index in [0.29, 0.717) is 6.04 Å². The van der Waals surface area contributed by atoms with Gasteiger partial charge in [-0.1, -0.05) is 0 Å². The van der Waals surface area contributed by atoms with Gasteiger partial charge in [-0.05, 0) is 67.4 Å². The summed E-state index contributed by atoms with van der Waals surface area (Å²) in [5.74, 6) is 0.419. The van der Waals surface area contributed by atoms with E-state index < -0.39 is 0 Å². The van der Waals surface area contributed by atoms with Crippen LogP contribution in [-0.2, 0) is 0 Å². The molecule has 0 bridgehead atoms. The van der Waals surface area contributed by atoms with Crippen molar-refractivity contribution in [1.82, 2.24) is 14.8 Å². The van der Waals surface area contributed by atoms with Crippen molar-refractivity contribution in [3.8, 4) is 11.3 Å². The number of nitrogens with zero attached hydrogens (tertiary/aromatic N) is 5. The molecule has 1 saturated carbocycles. The molecule has 1 saturated heterocycles. The van der Waals surface area contributed by atoms with Gasteiger partial charge in [0.2, 0.25) is 0 Å². The molecule has 6 rings (SSSR count). The van der Waals surface area contributed by atoms with E-state index in [9.17, 15) is 8.78 Å². The topological polar surface area (TPSA) is 37.2 Å². The second-order valence-corrected chi connectivity index (χ2v) is 8.59. The highest BCUT2D eigenvalue weighted by molar-refractivity contribution is 5.87. The number of halogens is 2. The van der Waals surface area contributed by atoms with E-state index in [-0.39, 0.29) is 11.6 Å². The molecule has 0 spiro atoms. The zero-order valence-corrected chi connectivity index (χ0v) is 17.6. The Balaban J connectivity index is 1.27. The molecule has 2 aliphatic rings. The van der Waals surface area contributed by atoms with Gasteiger partial charge in [0.15, 0.2) is 5.82 Å². The van der Waals surface area contributed by atoms with Crippen molar-refractivity contribution in [3.63, 3.8) is 0 Å². The van der Waals surface area contributed by atoms with Crippen molar-refractivity contribution in [3.05, 3.63) is 72.4 Å². The van der Waals surface area contributed by atoms with E-state index >= 15 is 0 Å². The van der Waals surface area contributed by atoms with Gasteiger partial charge in [-0.15, -0.1) is 5.10 Å². The number of rotatable bonds is 4. The van der Waals surface area contributed by atoms with Crippen LogP contribution < -0.4 is 9.80 Å². The molecule has 32 heavy (non-hydrogen) atoms. The maximum atomic E-state index is 13.9. The summed E-state index contributed by atoms with van der Waals surface area (Å²) in [4.78, 5) is 4.49. The third-order valence-electron chi connectivity index (χ3n) is 6.45. The summed E-state index contributed by atoms with van der Waals surface area (Å²) in [7, 11) is 0. The van der Waals surface area contributed by atoms with Crippen molar-refractivity contribution in [2.45, 2.75) is 18.9 Å². The largest absolute Gasteiger partial charge is 0.368 e. The molecule has 1 aliphatic heterocycles. The fourth-order valence-electron chi connectivity index (χ4n) is 4.64. The summed E-state index contributed by atoms with van der Waals surface area (Å²) in [6.45, 7) is 3.29. The standard InChI is InChI=1S/C25H23F2N5/c26-19-3-5-21(6-4-19)30-9-11-31(12-10-30)25-14-18(16-28-29-25)23-13-17-1-2-20(27)15-24(17)32(23)22-7-8-22/h1-6,13-16,22H,7-12H2. The molecule has 4 aromatic rings. The van der Waals surface area contributed by atoms with Gasteiger partial charge in [0, 0.05) is 48.9 Å². The van der Waals surface area contributed by atoms with Crippen LogP contribution in [-0.4, -0.2) is 40.9 Å². The predicted molar refractivity (Wildman–Crippen MR) is 122 cm³/mol. The molecule has 0 N–H and O–H groups in total. The lowest BCUT2D eigenvalue weighted by atomic mass is 10.2. The molecular formula is C25H23F2N5. The van der Waals surface area contributed by atoms with Gasteiger partial charge in [0.25, 0.3) is 0 Å². The highest BCUT2D eigenvalue weighted by atomic mass is 19.1. The van der Waals surface area contributed by atoms with Crippen LogP contribution in [0.1, 0.15) is 18.9 Å². The Morgan fingerprint density at radius 3 is 2.25 bits per heavy atom. The third-order valence-corrected chi connectivity index (χ3v) is 6.45. The Morgan fingerprint density at radius 1 is 0.781 bits per heavy atom. The van der Waals surface area contributed by atoms with E-state index in [4.69, 9.17) is 0 Å². The molecule has 2 aromatic carbocycles. The molecule has 5 nitrogen and oxygen atoms in total. The van der Waals surface area contributed by atoms with Gasteiger partial charge in [0.1, 0.15) is 11.6 Å². The summed E-state index contributed by atoms with van der Waals surface area (Å²) < 4.78 is 29.4. The summed E-state index contributed by atoms with van der Waals surface area (Å²) in [6, 6.07) is 16.3. The fourth-order valence-corrected chi connectivity index (χ4v) is 4.64. The normalized spacial score (nSPS) is 16.7. The first-order valence-electron chi connectivity index (χ1n) is 11.0. The van der Waals surface area contributed by atoms with Crippen LogP contribution in [0.2, 0.25) is 0 Å². The lowest BCUT2D eigenvalue weighted by Crippen LogP contribution is -2.46. The van der Waals surface area contributed by atoms with Crippen LogP contribution in [0, 0.1) is 11.6 Å². The predicted octanol–water partition coefficient (Wildman–Crippen LogP) is 5.04. The van der Waals surface area contributed by atoms with Crippen molar-refractivity contribution in [2.75, 3.05) is 36.0 Å². The van der Waals surface area contributed by atoms with Crippen molar-refractivity contribution in [2.24, 2.45) is 0 Å². The van der Waals surface area contributed by atoms with Crippen molar-refractivity contribution in [1.29, 1.82) is 0 Å². The average molecular weight is 431 g/mol. The Kier molecular flexibility index (Phi) is 4.56. The molecule has 3 heterocycles. The minimum absolute atomic E-state index is 0.211. The Bertz CT molecular complexity index is 1270. The van der Waals surface area contributed by atoms with Gasteiger partial charge in [0.05, 0.1) is 17.4 Å². The number of piperazine rings is 1. The van der Waals surface area contributed by atoms with Gasteiger partial charge in [-0.3, -0.25) is 0 Å². The first-order valence-corrected chi connectivity index (χ1v) is 11.0. The number of hydrogen-bond donors (Lipinski definition) is 0. The van der Waals surface area contributed by atoms with E-state index in [1.165, 1.54) is 18.2 Å². The van der Waals surface area contributed by atoms with Gasteiger partial charge in [-0.2, -0.15) is 5.10 Å². The van der Waals surface area contributed by atoms with E-state index in [2.05, 4.69) is 36.7 Å². The summed E-state index contributed by atoms with van der Waals surface area (Å²) in [5.41, 5.74) is 4.04. The number of benzene rings is 2. The Labute approximate surface area is 184 Å². The smallest absolute Gasteiger partial charge is 0.152 e. The monoisotopic (exact) mass is 431 g/mol. The number of aromatic nitrogens is 3. The molecule has 7 heteroatoms. The summed E-state index contributed by atoms with van der Waals surface area (Å²) >= 11 is 0. The highest BCUT2D eigenvalue weighted by Crippen LogP contribution is 2.42. The minimum atomic E-state index is -0.217. The maximum absolute atomic E-state index is 13.9. The minimum Gasteiger partial charge on any atom is -0.368 e. The van der Waals surface area contributed by atoms with Crippen LogP contribution >= 0.6 is 0 Å². The van der Waals surface area contributed by atoms with Crippen LogP contribution in [0.4, 0.5) is 20.3 Å². The van der Waals surface area contributed by atoms with Gasteiger partial charge in [-0.25, -0.2) is 8.78 Å². The number of hydrogen-bond acceptors (Lipinski definition) is 4. The lowest BCUT2D eigenvalue weighted by molar-refractivity contribution is 0.623. The van der Waals surface area contributed by atoms with E-state index in [1.807, 2.05) is 18.2 Å². The molecular weight excluding hydrogens is 408 g/mol. The molecule has 162 valence electrons. The fraction of sp³-hybridized carbons (Fsp3) is 0.280. The van der Waals surface area contributed by atoms with Gasteiger partial charge < -0.3 is 14.4 Å². The summed E-state index contributed by atoms with van der Waals surface area (Å²) in [5, 5.41) is 9.73. The first-order chi connectivity index (χ1) is 15.7. The molecule has 0 unspecified atom stereocenters. The van der Waals surface area contributed by atoms with Crippen molar-refractivity contribution >= 4 is 22.4 Å². The molecule has 0 amide bonds. The Morgan fingerprint density at radius 2 is 1.50 bits per heavy atom. The number of anilines is 2. The second kappa shape index (κ2) is 7.58. The quantitative estimate of drug-likeness (QED) is 0.454. The molecule has 0 atom stereocenters. The van der Waals surface area contributed by atoms with E-state index in [0.717, 1.165) is 72.7 Å². The lowest BCUT2D eigenvalue weighted by Gasteiger charge is -2.36. The van der Waals surface area contributed by atoms with E-state index in [1.54, 1.807) is 12.3 Å². The molecule has 1 aliphatic carbocycles. The molecule has 2 aromatic heterocycles. The number of fused-ring (bicyclic) bond motifs is 1. The van der Waals surface area contributed by atoms with Gasteiger partial charge >= 0.3 is 0 Å². The maximum Gasteiger partial charge on any atom is 0.152 e. The molecule has 0 radical (unpaired) electrons. The van der Waals surface area contributed by atoms with Crippen molar-refractivity contribution < 1.29 is 8.78 Å². The van der Waals surface area contributed by atoms with Crippen LogP contribution in [0.25, 0.3) is 22.2 Å². The third kappa shape index (κ3) is 3.47. The molecule has 2 fully saturated rings. The van der Waals surface area contributed by atoms with Crippen LogP contribution in [0.5, 0.6) is 0 Å². The summed E-state index contributed by atoms with van der Waals surface area (Å²) in [6.07, 6.45) is 4.02. The highest BCUT2D eigenvalue weighted by Gasteiger charge is 2.28. The zero-order chi connectivity index (χ0) is 21.7. The zero-order valence-electron chi connectivity index (χ0n) is 17.6. The van der Waals surface area contributed by atoms with Crippen LogP contribution in [0.15, 0.2) is 60.8 Å².